The van der Waals surface area contributed by atoms with Crippen molar-refractivity contribution in [2.75, 3.05) is 18.5 Å². The van der Waals surface area contributed by atoms with Crippen LogP contribution in [-0.2, 0) is 4.74 Å². The highest BCUT2D eigenvalue weighted by atomic mass is 16.5. The second-order valence-corrected chi connectivity index (χ2v) is 8.70. The highest BCUT2D eigenvalue weighted by Crippen LogP contribution is 2.32. The summed E-state index contributed by atoms with van der Waals surface area (Å²) in [6.45, 7) is 6.55. The number of fused-ring (bicyclic) bond motifs is 1. The molecule has 4 aromatic rings. The number of nitrogens with one attached hydrogen (secondary N) is 1. The van der Waals surface area contributed by atoms with Crippen LogP contribution in [0.5, 0.6) is 5.75 Å². The number of pyridine rings is 2. The van der Waals surface area contributed by atoms with Crippen LogP contribution in [-0.4, -0.2) is 55.1 Å². The summed E-state index contributed by atoms with van der Waals surface area (Å²) in [7, 11) is 0. The van der Waals surface area contributed by atoms with E-state index in [1.165, 1.54) is 0 Å². The number of rotatable bonds is 6. The van der Waals surface area contributed by atoms with Crippen LogP contribution in [0, 0.1) is 20.8 Å². The molecule has 2 atom stereocenters. The van der Waals surface area contributed by atoms with Crippen LogP contribution < -0.4 is 10.1 Å². The first-order chi connectivity index (χ1) is 16.4. The molecular formula is C25H28N6O3. The van der Waals surface area contributed by atoms with E-state index in [-0.39, 0.29) is 12.2 Å². The van der Waals surface area contributed by atoms with Gasteiger partial charge in [-0.05, 0) is 57.4 Å². The van der Waals surface area contributed by atoms with Crippen molar-refractivity contribution in [1.82, 2.24) is 24.6 Å². The molecule has 34 heavy (non-hydrogen) atoms. The molecule has 2 N–H and O–H groups in total. The van der Waals surface area contributed by atoms with E-state index in [0.29, 0.717) is 36.4 Å². The summed E-state index contributed by atoms with van der Waals surface area (Å²) in [6.07, 6.45) is 4.79. The molecule has 9 nitrogen and oxygen atoms in total. The summed E-state index contributed by atoms with van der Waals surface area (Å²) in [5.41, 5.74) is 4.71. The van der Waals surface area contributed by atoms with Gasteiger partial charge in [0.05, 0.1) is 30.5 Å². The van der Waals surface area contributed by atoms with E-state index in [4.69, 9.17) is 9.47 Å². The molecule has 0 amide bonds. The fourth-order valence-electron chi connectivity index (χ4n) is 4.13. The lowest BCUT2D eigenvalue weighted by atomic mass is 10.1. The van der Waals surface area contributed by atoms with Crippen LogP contribution >= 0.6 is 0 Å². The lowest BCUT2D eigenvalue weighted by Crippen LogP contribution is -2.33. The van der Waals surface area contributed by atoms with Crippen molar-refractivity contribution in [3.63, 3.8) is 0 Å². The highest BCUT2D eigenvalue weighted by molar-refractivity contribution is 5.75. The average Bonchev–Trinajstić information content (AvgIpc) is 3.20. The molecule has 1 aliphatic rings. The SMILES string of the molecule is Cc1cc(-c2ccn3nc(Nc4cc(C)nc(C)n4)cc3c2)c(OC[C@H]2CC[C@H](O)CO2)cn1. The Hall–Kier alpha value is -3.56. The summed E-state index contributed by atoms with van der Waals surface area (Å²) in [5.74, 6) is 2.83. The lowest BCUT2D eigenvalue weighted by molar-refractivity contribution is -0.0696. The van der Waals surface area contributed by atoms with Crippen LogP contribution in [0.15, 0.2) is 42.7 Å². The minimum absolute atomic E-state index is 0.0300. The minimum Gasteiger partial charge on any atom is -0.489 e. The molecule has 0 aliphatic carbocycles. The first-order valence-electron chi connectivity index (χ1n) is 11.4. The monoisotopic (exact) mass is 460 g/mol. The number of aryl methyl sites for hydroxylation is 3. The minimum atomic E-state index is -0.378. The number of nitrogens with zero attached hydrogens (tertiary/aromatic N) is 5. The van der Waals surface area contributed by atoms with Crippen LogP contribution in [0.2, 0.25) is 0 Å². The standard InChI is InChI=1S/C25H28N6O3/c1-15-8-22(23(12-26-15)34-14-21-5-4-20(32)13-33-21)18-6-7-31-19(10-18)11-25(30-31)29-24-9-16(2)27-17(3)28-24/h6-12,20-21,32H,4-5,13-14H2,1-3H3,(H,27,28,29,30)/t20-,21+/m0/s1. The molecule has 0 unspecified atom stereocenters. The van der Waals surface area contributed by atoms with Crippen molar-refractivity contribution in [3.05, 3.63) is 59.9 Å². The number of anilines is 2. The normalized spacial score (nSPS) is 18.2. The fourth-order valence-corrected chi connectivity index (χ4v) is 4.13. The average molecular weight is 461 g/mol. The van der Waals surface area contributed by atoms with Gasteiger partial charge in [-0.15, -0.1) is 0 Å². The number of aromatic nitrogens is 5. The van der Waals surface area contributed by atoms with E-state index in [1.54, 1.807) is 6.20 Å². The van der Waals surface area contributed by atoms with Crippen LogP contribution in [0.1, 0.15) is 30.1 Å². The van der Waals surface area contributed by atoms with Crippen LogP contribution in [0.4, 0.5) is 11.6 Å². The van der Waals surface area contributed by atoms with Crippen molar-refractivity contribution in [1.29, 1.82) is 0 Å². The summed E-state index contributed by atoms with van der Waals surface area (Å²) >= 11 is 0. The second kappa shape index (κ2) is 9.36. The molecular weight excluding hydrogens is 432 g/mol. The summed E-state index contributed by atoms with van der Waals surface area (Å²) in [4.78, 5) is 13.2. The van der Waals surface area contributed by atoms with E-state index in [2.05, 4.69) is 31.4 Å². The summed E-state index contributed by atoms with van der Waals surface area (Å²) < 4.78 is 13.6. The van der Waals surface area contributed by atoms with Gasteiger partial charge < -0.3 is 19.9 Å². The van der Waals surface area contributed by atoms with Gasteiger partial charge in [-0.1, -0.05) is 0 Å². The Morgan fingerprint density at radius 3 is 2.76 bits per heavy atom. The number of aliphatic hydroxyl groups excluding tert-OH is 1. The van der Waals surface area contributed by atoms with Crippen molar-refractivity contribution < 1.29 is 14.6 Å². The van der Waals surface area contributed by atoms with E-state index >= 15 is 0 Å². The second-order valence-electron chi connectivity index (χ2n) is 8.70. The molecule has 0 aromatic carbocycles. The van der Waals surface area contributed by atoms with Gasteiger partial charge in [-0.25, -0.2) is 14.5 Å². The van der Waals surface area contributed by atoms with Gasteiger partial charge in [-0.3, -0.25) is 4.98 Å². The quantitative estimate of drug-likeness (QED) is 0.448. The van der Waals surface area contributed by atoms with Crippen LogP contribution in [0.3, 0.4) is 0 Å². The number of hydrogen-bond acceptors (Lipinski definition) is 8. The molecule has 0 spiro atoms. The topological polar surface area (TPSA) is 107 Å². The molecule has 5 rings (SSSR count). The molecule has 1 fully saturated rings. The van der Waals surface area contributed by atoms with Crippen molar-refractivity contribution >= 4 is 17.2 Å². The van der Waals surface area contributed by atoms with Gasteiger partial charge >= 0.3 is 0 Å². The molecule has 9 heteroatoms. The molecule has 0 radical (unpaired) electrons. The third kappa shape index (κ3) is 5.00. The van der Waals surface area contributed by atoms with Gasteiger partial charge in [-0.2, -0.15) is 5.10 Å². The highest BCUT2D eigenvalue weighted by Gasteiger charge is 2.21. The maximum atomic E-state index is 9.64. The predicted octanol–water partition coefficient (Wildman–Crippen LogP) is 3.77. The molecule has 4 aromatic heterocycles. The number of ether oxygens (including phenoxy) is 2. The fraction of sp³-hybridized carbons (Fsp3) is 0.360. The Labute approximate surface area is 197 Å². The largest absolute Gasteiger partial charge is 0.489 e. The molecule has 1 saturated heterocycles. The Morgan fingerprint density at radius 2 is 1.97 bits per heavy atom. The van der Waals surface area contributed by atoms with Gasteiger partial charge in [0, 0.05) is 35.3 Å². The van der Waals surface area contributed by atoms with Gasteiger partial charge in [0.15, 0.2) is 5.82 Å². The van der Waals surface area contributed by atoms with Gasteiger partial charge in [0.2, 0.25) is 0 Å². The molecule has 5 heterocycles. The van der Waals surface area contributed by atoms with Crippen LogP contribution in [0.25, 0.3) is 16.6 Å². The molecule has 0 bridgehead atoms. The Kier molecular flexibility index (Phi) is 6.12. The number of aliphatic hydroxyl groups is 1. The van der Waals surface area contributed by atoms with Crippen molar-refractivity contribution in [2.45, 2.75) is 45.8 Å². The molecule has 1 aliphatic heterocycles. The smallest absolute Gasteiger partial charge is 0.154 e. The maximum absolute atomic E-state index is 9.64. The van der Waals surface area contributed by atoms with Crippen molar-refractivity contribution in [3.8, 4) is 16.9 Å². The third-order valence-corrected chi connectivity index (χ3v) is 5.77. The lowest BCUT2D eigenvalue weighted by Gasteiger charge is -2.26. The summed E-state index contributed by atoms with van der Waals surface area (Å²) in [5, 5.41) is 17.5. The summed E-state index contributed by atoms with van der Waals surface area (Å²) in [6, 6.07) is 9.98. The zero-order valence-corrected chi connectivity index (χ0v) is 19.5. The first-order valence-corrected chi connectivity index (χ1v) is 11.4. The Balaban J connectivity index is 1.38. The zero-order valence-electron chi connectivity index (χ0n) is 19.5. The molecule has 176 valence electrons. The molecule has 0 saturated carbocycles. The third-order valence-electron chi connectivity index (χ3n) is 5.77. The van der Waals surface area contributed by atoms with Gasteiger partial charge in [0.25, 0.3) is 0 Å². The van der Waals surface area contributed by atoms with Crippen molar-refractivity contribution in [2.24, 2.45) is 0 Å². The van der Waals surface area contributed by atoms with E-state index in [0.717, 1.165) is 40.9 Å². The van der Waals surface area contributed by atoms with E-state index < -0.39 is 0 Å². The van der Waals surface area contributed by atoms with E-state index in [1.807, 2.05) is 55.7 Å². The number of hydrogen-bond donors (Lipinski definition) is 2. The zero-order chi connectivity index (χ0) is 23.7. The maximum Gasteiger partial charge on any atom is 0.154 e. The van der Waals surface area contributed by atoms with Gasteiger partial charge in [0.1, 0.15) is 24.0 Å². The van der Waals surface area contributed by atoms with E-state index in [9.17, 15) is 5.11 Å². The Morgan fingerprint density at radius 1 is 1.09 bits per heavy atom. The predicted molar refractivity (Wildman–Crippen MR) is 128 cm³/mol. The Bertz CT molecular complexity index is 1290. The first kappa shape index (κ1) is 22.2.